The minimum atomic E-state index is -3.63. The number of carboxylic acid groups (broad SMARTS) is 1. The van der Waals surface area contributed by atoms with Crippen LogP contribution in [0, 0.1) is 5.92 Å². The molecule has 1 unspecified atom stereocenters. The van der Waals surface area contributed by atoms with Crippen molar-refractivity contribution in [2.45, 2.75) is 37.6 Å². The van der Waals surface area contributed by atoms with Crippen molar-refractivity contribution in [1.82, 2.24) is 10.0 Å². The van der Waals surface area contributed by atoms with E-state index in [1.807, 2.05) is 13.8 Å². The number of nitrogens with one attached hydrogen (secondary N) is 2. The van der Waals surface area contributed by atoms with Gasteiger partial charge in [-0.25, -0.2) is 17.9 Å². The second-order valence-corrected chi connectivity index (χ2v) is 7.77. The Morgan fingerprint density at radius 2 is 1.84 bits per heavy atom. The van der Waals surface area contributed by atoms with Crippen molar-refractivity contribution in [2.75, 3.05) is 6.54 Å². The van der Waals surface area contributed by atoms with Crippen LogP contribution in [-0.2, 0) is 14.8 Å². The lowest BCUT2D eigenvalue weighted by atomic mass is 10.1. The van der Waals surface area contributed by atoms with Gasteiger partial charge in [0.1, 0.15) is 6.04 Å². The molecule has 138 valence electrons. The number of hydrogen-bond acceptors (Lipinski definition) is 4. The standard InChI is InChI=1S/C17H24N2O5S/c1-4-5-6-15(17(21)22)19-16(20)13-7-9-14(10-8-13)25(23,24)18-11-12(2)3/h4,7-10,12,15,18H,1,5-6,11H2,2-3H3,(H,19,20)(H,21,22). The number of carboxylic acids is 1. The van der Waals surface area contributed by atoms with Crippen molar-refractivity contribution in [3.05, 3.63) is 42.5 Å². The highest BCUT2D eigenvalue weighted by Crippen LogP contribution is 2.11. The molecule has 0 aliphatic carbocycles. The quantitative estimate of drug-likeness (QED) is 0.545. The number of allylic oxidation sites excluding steroid dienone is 1. The van der Waals surface area contributed by atoms with Gasteiger partial charge in [0.2, 0.25) is 10.0 Å². The Hall–Kier alpha value is -2.19. The topological polar surface area (TPSA) is 113 Å². The smallest absolute Gasteiger partial charge is 0.326 e. The Morgan fingerprint density at radius 1 is 1.24 bits per heavy atom. The Balaban J connectivity index is 2.82. The Kier molecular flexibility index (Phi) is 7.79. The van der Waals surface area contributed by atoms with Gasteiger partial charge in [0, 0.05) is 12.1 Å². The average molecular weight is 368 g/mol. The van der Waals surface area contributed by atoms with Gasteiger partial charge in [0.05, 0.1) is 4.90 Å². The fourth-order valence-corrected chi connectivity index (χ4v) is 3.14. The van der Waals surface area contributed by atoms with Crippen molar-refractivity contribution in [3.63, 3.8) is 0 Å². The number of carbonyl (C=O) groups excluding carboxylic acids is 1. The van der Waals surface area contributed by atoms with Gasteiger partial charge in [0.25, 0.3) is 5.91 Å². The van der Waals surface area contributed by atoms with Gasteiger partial charge in [0.15, 0.2) is 0 Å². The molecule has 1 aromatic carbocycles. The molecule has 25 heavy (non-hydrogen) atoms. The minimum absolute atomic E-state index is 0.0474. The molecule has 0 saturated heterocycles. The monoisotopic (exact) mass is 368 g/mol. The first-order valence-electron chi connectivity index (χ1n) is 7.91. The zero-order valence-corrected chi connectivity index (χ0v) is 15.2. The van der Waals surface area contributed by atoms with Gasteiger partial charge in [-0.2, -0.15) is 0 Å². The summed E-state index contributed by atoms with van der Waals surface area (Å²) in [6, 6.07) is 4.31. The molecular weight excluding hydrogens is 344 g/mol. The van der Waals surface area contributed by atoms with Crippen molar-refractivity contribution >= 4 is 21.9 Å². The van der Waals surface area contributed by atoms with Crippen LogP contribution in [0.25, 0.3) is 0 Å². The molecule has 8 heteroatoms. The number of rotatable bonds is 10. The van der Waals surface area contributed by atoms with Crippen LogP contribution in [0.4, 0.5) is 0 Å². The summed E-state index contributed by atoms with van der Waals surface area (Å²) in [6.45, 7) is 7.61. The minimum Gasteiger partial charge on any atom is -0.480 e. The van der Waals surface area contributed by atoms with Gasteiger partial charge in [-0.15, -0.1) is 6.58 Å². The van der Waals surface area contributed by atoms with Crippen LogP contribution in [0.5, 0.6) is 0 Å². The van der Waals surface area contributed by atoms with Crippen molar-refractivity contribution in [1.29, 1.82) is 0 Å². The molecule has 0 aromatic heterocycles. The average Bonchev–Trinajstić information content (AvgIpc) is 2.56. The Bertz CT molecular complexity index is 711. The van der Waals surface area contributed by atoms with E-state index in [9.17, 15) is 18.0 Å². The maximum atomic E-state index is 12.1. The highest BCUT2D eigenvalue weighted by molar-refractivity contribution is 7.89. The number of hydrogen-bond donors (Lipinski definition) is 3. The summed E-state index contributed by atoms with van der Waals surface area (Å²) in [7, 11) is -3.63. The van der Waals surface area contributed by atoms with Crippen LogP contribution in [0.15, 0.2) is 41.8 Å². The van der Waals surface area contributed by atoms with E-state index >= 15 is 0 Å². The van der Waals surface area contributed by atoms with Gasteiger partial charge < -0.3 is 10.4 Å². The number of carbonyl (C=O) groups is 2. The lowest BCUT2D eigenvalue weighted by molar-refractivity contribution is -0.139. The van der Waals surface area contributed by atoms with E-state index < -0.39 is 27.9 Å². The highest BCUT2D eigenvalue weighted by Gasteiger charge is 2.20. The summed E-state index contributed by atoms with van der Waals surface area (Å²) < 4.78 is 26.7. The summed E-state index contributed by atoms with van der Waals surface area (Å²) in [5, 5.41) is 11.5. The molecular formula is C17H24N2O5S. The summed E-state index contributed by atoms with van der Waals surface area (Å²) in [6.07, 6.45) is 2.26. The van der Waals surface area contributed by atoms with E-state index in [0.29, 0.717) is 13.0 Å². The van der Waals surface area contributed by atoms with Crippen LogP contribution in [0.1, 0.15) is 37.0 Å². The van der Waals surface area contributed by atoms with Crippen molar-refractivity contribution in [2.24, 2.45) is 5.92 Å². The fourth-order valence-electron chi connectivity index (χ4n) is 1.93. The molecule has 0 heterocycles. The van der Waals surface area contributed by atoms with Gasteiger partial charge in [-0.3, -0.25) is 4.79 Å². The first-order chi connectivity index (χ1) is 11.7. The third-order valence-corrected chi connectivity index (χ3v) is 4.81. The summed E-state index contributed by atoms with van der Waals surface area (Å²) >= 11 is 0. The van der Waals surface area contributed by atoms with E-state index in [4.69, 9.17) is 5.11 Å². The van der Waals surface area contributed by atoms with E-state index in [2.05, 4.69) is 16.6 Å². The normalized spacial score (nSPS) is 12.6. The maximum Gasteiger partial charge on any atom is 0.326 e. The van der Waals surface area contributed by atoms with Crippen LogP contribution in [0.3, 0.4) is 0 Å². The molecule has 0 bridgehead atoms. The van der Waals surface area contributed by atoms with E-state index in [0.717, 1.165) is 0 Å². The molecule has 0 fully saturated rings. The van der Waals surface area contributed by atoms with Gasteiger partial charge >= 0.3 is 5.97 Å². The van der Waals surface area contributed by atoms with Crippen molar-refractivity contribution < 1.29 is 23.1 Å². The van der Waals surface area contributed by atoms with Crippen LogP contribution < -0.4 is 10.0 Å². The van der Waals surface area contributed by atoms with E-state index in [1.165, 1.54) is 24.3 Å². The SMILES string of the molecule is C=CCCC(NC(=O)c1ccc(S(=O)(=O)NCC(C)C)cc1)C(=O)O. The molecule has 1 aromatic rings. The molecule has 1 rings (SSSR count). The lowest BCUT2D eigenvalue weighted by Crippen LogP contribution is -2.40. The molecule has 3 N–H and O–H groups in total. The third kappa shape index (κ3) is 6.67. The maximum absolute atomic E-state index is 12.1. The highest BCUT2D eigenvalue weighted by atomic mass is 32.2. The Morgan fingerprint density at radius 3 is 2.32 bits per heavy atom. The third-order valence-electron chi connectivity index (χ3n) is 3.37. The molecule has 0 saturated carbocycles. The molecule has 1 atom stereocenters. The molecule has 0 aliphatic rings. The van der Waals surface area contributed by atoms with E-state index in [-0.39, 0.29) is 22.8 Å². The van der Waals surface area contributed by atoms with Gasteiger partial charge in [-0.1, -0.05) is 19.9 Å². The number of aliphatic carboxylic acids is 1. The molecule has 7 nitrogen and oxygen atoms in total. The molecule has 0 radical (unpaired) electrons. The lowest BCUT2D eigenvalue weighted by Gasteiger charge is -2.14. The number of benzene rings is 1. The molecule has 0 spiro atoms. The second-order valence-electron chi connectivity index (χ2n) is 6.00. The van der Waals surface area contributed by atoms with Crippen LogP contribution >= 0.6 is 0 Å². The van der Waals surface area contributed by atoms with Crippen LogP contribution in [-0.4, -0.2) is 38.0 Å². The zero-order valence-electron chi connectivity index (χ0n) is 14.4. The summed E-state index contributed by atoms with van der Waals surface area (Å²) in [5.41, 5.74) is 0.188. The van der Waals surface area contributed by atoms with E-state index in [1.54, 1.807) is 6.08 Å². The predicted molar refractivity (Wildman–Crippen MR) is 94.8 cm³/mol. The summed E-state index contributed by atoms with van der Waals surface area (Å²) in [4.78, 5) is 23.3. The Labute approximate surface area is 148 Å². The first kappa shape index (κ1) is 20.9. The number of amides is 1. The molecule has 1 amide bonds. The molecule has 0 aliphatic heterocycles. The van der Waals surface area contributed by atoms with Crippen LogP contribution in [0.2, 0.25) is 0 Å². The number of sulfonamides is 1. The fraction of sp³-hybridized carbons (Fsp3) is 0.412. The van der Waals surface area contributed by atoms with Gasteiger partial charge in [-0.05, 0) is 43.0 Å². The predicted octanol–water partition coefficient (Wildman–Crippen LogP) is 1.77. The summed E-state index contributed by atoms with van der Waals surface area (Å²) in [5.74, 6) is -1.54. The zero-order chi connectivity index (χ0) is 19.0. The van der Waals surface area contributed by atoms with Crippen molar-refractivity contribution in [3.8, 4) is 0 Å². The largest absolute Gasteiger partial charge is 0.480 e. The second kappa shape index (κ2) is 9.33. The first-order valence-corrected chi connectivity index (χ1v) is 9.40.